The van der Waals surface area contributed by atoms with Crippen molar-refractivity contribution < 1.29 is 102 Å². The smallest absolute Gasteiger partial charge is 0.363 e. The molecule has 6 aromatic rings. The molecule has 0 saturated carbocycles. The molecule has 0 spiro atoms. The Morgan fingerprint density at radius 2 is 1.16 bits per heavy atom. The Morgan fingerprint density at radius 3 is 1.72 bits per heavy atom. The Kier molecular flexibility index (Phi) is 34.0. The van der Waals surface area contributed by atoms with Crippen molar-refractivity contribution in [3.63, 3.8) is 0 Å². The zero-order chi connectivity index (χ0) is 85.1. The summed E-state index contributed by atoms with van der Waals surface area (Å²) in [5.41, 5.74) is 3.79. The highest BCUT2D eigenvalue weighted by molar-refractivity contribution is 7.86. The summed E-state index contributed by atoms with van der Waals surface area (Å²) in [6, 6.07) is 30.9. The van der Waals surface area contributed by atoms with Gasteiger partial charge in [0.05, 0.1) is 34.4 Å². The van der Waals surface area contributed by atoms with E-state index < -0.39 is 166 Å². The molecule has 626 valence electrons. The van der Waals surface area contributed by atoms with Gasteiger partial charge in [0.1, 0.15) is 40.3 Å². The maximum Gasteiger partial charge on any atom is 0.363 e. The normalized spacial score (nSPS) is 15.2. The van der Waals surface area contributed by atoms with Crippen LogP contribution in [0.4, 0.5) is 11.4 Å². The highest BCUT2D eigenvalue weighted by Gasteiger charge is 2.44. The number of thiocarbonyl (C=S) groups is 1. The molecule has 6 amide bonds. The second kappa shape index (κ2) is 42.7. The van der Waals surface area contributed by atoms with Crippen LogP contribution in [0.3, 0.4) is 0 Å². The number of benzene rings is 5. The van der Waals surface area contributed by atoms with E-state index in [1.807, 2.05) is 69.0 Å². The van der Waals surface area contributed by atoms with E-state index in [1.54, 1.807) is 109 Å². The SMILES string of the molecule is CCN(CCCS(=O)(=O)O)c1ccc2c(C(C)(C)C)cc(/C=C/C=C3\N(CCCS(=O)(=O)O)c4ccc(S(=O)(=O)[O-])cc4C3(C)CCCC(=O)N[C@@H](Cc3ccccc3)C(=O)N[C@@H](CCc3ccccc3)C(=O)NCC(=O)NCCNC(=O)[C@H](Cc3ccccc3)NC(=O)CC[C@H](NC(=S)N[C@@H](CCC(=O)O)C(=O)O)C(=O)O)[o+]c2c1. The zero-order valence-electron chi connectivity index (χ0n) is 64.9. The third kappa shape index (κ3) is 29.5. The molecule has 0 fully saturated rings. The number of allylic oxidation sites excluding steroid dienone is 3. The second-order valence-electron chi connectivity index (χ2n) is 29.2. The van der Waals surface area contributed by atoms with Crippen LogP contribution in [-0.2, 0) is 104 Å². The van der Waals surface area contributed by atoms with E-state index in [9.17, 15) is 92.3 Å². The topological polar surface area (TPSA) is 494 Å². The molecule has 1 aromatic heterocycles. The van der Waals surface area contributed by atoms with Gasteiger partial charge in [-0.2, -0.15) is 16.8 Å². The number of aryl methyl sites for hydroxylation is 1. The van der Waals surface area contributed by atoms with E-state index in [1.165, 1.54) is 12.1 Å². The maximum absolute atomic E-state index is 14.8. The zero-order valence-corrected chi connectivity index (χ0v) is 68.1. The van der Waals surface area contributed by atoms with Gasteiger partial charge in [-0.05, 0) is 147 Å². The average Bonchev–Trinajstić information content (AvgIpc) is 1.57. The molecule has 6 atom stereocenters. The second-order valence-corrected chi connectivity index (χ2v) is 34.1. The first-order valence-electron chi connectivity index (χ1n) is 37.6. The standard InChI is InChI=1S/C80H100N10O22S4/c1-6-89(42-18-44-114(103,104)105)55-30-32-58-59(79(2,3)4)49-56(112-67(58)48-55)26-16-27-68-80(5,60-50-57(116(109,110)111)31-36-66(60)90(68)43-19-45-115(106,107)108)39-17-28-69(91)85-65(47-54-24-14-9-15-25-54)75(98)86-61(33-29-52-20-10-7-11-21-52)73(96)83-51-71(93)81-40-41-82-74(97)64(46-53-22-12-8-13-23-53)84-70(92)37-34-62(76(99)100)87-78(113)88-63(77(101)102)35-38-72(94)95/h7-16,20-27,30-32,36,48-50,61-65H,6,17-19,28-29,33-35,37-47,51H2,1-5H3,(H13-,81,82,83,84,85,86,87,88,91,92,93,94,95,96,97,98,99,100,101,102,103,104,105,106,107,108,109,110,111,113)/b26-16+,68-27-/t61-,62-,63-,64-,65-,80?/m0/s1. The van der Waals surface area contributed by atoms with Gasteiger partial charge in [0.25, 0.3) is 20.2 Å². The van der Waals surface area contributed by atoms with Crippen molar-refractivity contribution in [3.8, 4) is 0 Å². The number of hydrogen-bond acceptors (Lipinski definition) is 19. The number of anilines is 2. The fourth-order valence-electron chi connectivity index (χ4n) is 13.4. The molecule has 0 aliphatic carbocycles. The summed E-state index contributed by atoms with van der Waals surface area (Å²) < 4.78 is 112. The number of rotatable bonds is 45. The Hall–Kier alpha value is -10.8. The van der Waals surface area contributed by atoms with Crippen molar-refractivity contribution in [3.05, 3.63) is 185 Å². The quantitative estimate of drug-likeness (QED) is 0.00891. The largest absolute Gasteiger partial charge is 0.744 e. The lowest BCUT2D eigenvalue weighted by molar-refractivity contribution is -0.141. The molecule has 7 rings (SSSR count). The molecule has 1 aliphatic rings. The summed E-state index contributed by atoms with van der Waals surface area (Å²) in [5.74, 6) is -9.09. The van der Waals surface area contributed by atoms with Crippen LogP contribution in [0.15, 0.2) is 161 Å². The minimum absolute atomic E-state index is 0.0151. The van der Waals surface area contributed by atoms with E-state index in [4.69, 9.17) is 21.7 Å². The molecule has 0 bridgehead atoms. The van der Waals surface area contributed by atoms with Crippen molar-refractivity contribution in [1.29, 1.82) is 0 Å². The highest BCUT2D eigenvalue weighted by Crippen LogP contribution is 2.51. The van der Waals surface area contributed by atoms with Gasteiger partial charge in [-0.15, -0.1) is 0 Å². The third-order valence-corrected chi connectivity index (χ3v) is 22.0. The third-order valence-electron chi connectivity index (χ3n) is 19.3. The number of fused-ring (bicyclic) bond motifs is 2. The number of carbonyl (C=O) groups excluding carboxylic acids is 6. The molecule has 5 aromatic carbocycles. The lowest BCUT2D eigenvalue weighted by Crippen LogP contribution is -2.55. The van der Waals surface area contributed by atoms with Gasteiger partial charge in [0, 0.05) is 99.5 Å². The predicted octanol–water partition coefficient (Wildman–Crippen LogP) is 6.08. The molecular formula is C80H100N10O22S4. The Labute approximate surface area is 679 Å². The lowest BCUT2D eigenvalue weighted by atomic mass is 9.77. The van der Waals surface area contributed by atoms with E-state index in [0.717, 1.165) is 28.3 Å². The van der Waals surface area contributed by atoms with Gasteiger partial charge < -0.3 is 72.2 Å². The van der Waals surface area contributed by atoms with Gasteiger partial charge in [0.15, 0.2) is 5.11 Å². The van der Waals surface area contributed by atoms with E-state index in [-0.39, 0.29) is 90.3 Å². The monoisotopic (exact) mass is 1680 g/mol. The van der Waals surface area contributed by atoms with E-state index in [0.29, 0.717) is 52.5 Å². The summed E-state index contributed by atoms with van der Waals surface area (Å²) in [7, 11) is -13.7. The molecule has 2 heterocycles. The van der Waals surface area contributed by atoms with Crippen molar-refractivity contribution in [2.24, 2.45) is 0 Å². The van der Waals surface area contributed by atoms with Crippen molar-refractivity contribution in [2.45, 2.75) is 164 Å². The molecule has 0 saturated heterocycles. The minimum atomic E-state index is -5.06. The molecule has 36 heteroatoms. The summed E-state index contributed by atoms with van der Waals surface area (Å²) in [4.78, 5) is 122. The average molecular weight is 1680 g/mol. The van der Waals surface area contributed by atoms with Crippen molar-refractivity contribution in [1.82, 2.24) is 42.5 Å². The van der Waals surface area contributed by atoms with E-state index in [2.05, 4.69) is 42.5 Å². The van der Waals surface area contributed by atoms with Crippen LogP contribution in [0.1, 0.15) is 132 Å². The summed E-state index contributed by atoms with van der Waals surface area (Å²) in [6.45, 7) is 9.62. The fourth-order valence-corrected chi connectivity index (χ4v) is 15.1. The Balaban J connectivity index is 1.05. The number of carbonyl (C=O) groups is 9. The molecule has 0 radical (unpaired) electrons. The van der Waals surface area contributed by atoms with Crippen LogP contribution in [-0.4, -0.2) is 194 Å². The number of carboxylic acids is 3. The first-order valence-corrected chi connectivity index (χ1v) is 42.6. The van der Waals surface area contributed by atoms with Crippen LogP contribution in [0, 0.1) is 0 Å². The fraction of sp³-hybridized carbons (Fsp3) is 0.412. The molecular weight excluding hydrogens is 1580 g/mol. The number of nitrogens with one attached hydrogen (secondary N) is 8. The van der Waals surface area contributed by atoms with Crippen LogP contribution in [0.25, 0.3) is 17.0 Å². The van der Waals surface area contributed by atoms with Crippen LogP contribution >= 0.6 is 12.2 Å². The molecule has 32 nitrogen and oxygen atoms in total. The summed E-state index contributed by atoms with van der Waals surface area (Å²) >= 11 is 5.09. The Morgan fingerprint density at radius 1 is 0.603 bits per heavy atom. The lowest BCUT2D eigenvalue weighted by Gasteiger charge is -2.30. The molecule has 13 N–H and O–H groups in total. The van der Waals surface area contributed by atoms with Gasteiger partial charge in [-0.1, -0.05) is 118 Å². The van der Waals surface area contributed by atoms with Crippen LogP contribution < -0.4 is 52.3 Å². The number of hydrogen-bond donors (Lipinski definition) is 13. The van der Waals surface area contributed by atoms with Crippen LogP contribution in [0.2, 0.25) is 0 Å². The molecule has 116 heavy (non-hydrogen) atoms. The van der Waals surface area contributed by atoms with Gasteiger partial charge in [0.2, 0.25) is 35.4 Å². The highest BCUT2D eigenvalue weighted by atomic mass is 32.2. The number of nitrogens with zero attached hydrogens (tertiary/aromatic N) is 2. The maximum atomic E-state index is 14.8. The van der Waals surface area contributed by atoms with Gasteiger partial charge >= 0.3 is 29.3 Å². The molecule has 1 aliphatic heterocycles. The Bertz CT molecular complexity index is 4920. The van der Waals surface area contributed by atoms with Gasteiger partial charge in [-0.25, -0.2) is 22.4 Å². The first-order chi connectivity index (χ1) is 54.7. The van der Waals surface area contributed by atoms with Crippen LogP contribution in [0.5, 0.6) is 0 Å². The number of amides is 6. The number of aliphatic carboxylic acids is 3. The minimum Gasteiger partial charge on any atom is -0.744 e. The first kappa shape index (κ1) is 92.4. The van der Waals surface area contributed by atoms with Crippen molar-refractivity contribution in [2.75, 3.05) is 60.6 Å². The van der Waals surface area contributed by atoms with Crippen molar-refractivity contribution >= 4 is 129 Å². The summed E-state index contributed by atoms with van der Waals surface area (Å²) in [6.07, 6.45) is 3.53. The van der Waals surface area contributed by atoms with Gasteiger partial charge in [-0.3, -0.25) is 42.7 Å². The summed E-state index contributed by atoms with van der Waals surface area (Å²) in [5, 5.41) is 49.6. The molecule has 1 unspecified atom stereocenters. The number of carboxylic acid groups (broad SMARTS) is 3. The van der Waals surface area contributed by atoms with E-state index >= 15 is 0 Å². The predicted molar refractivity (Wildman–Crippen MR) is 437 cm³/mol.